The van der Waals surface area contributed by atoms with Gasteiger partial charge in [0.2, 0.25) is 5.13 Å². The number of nitro benzene ring substituents is 1. The first kappa shape index (κ1) is 17.2. The number of aromatic nitrogens is 2. The van der Waals surface area contributed by atoms with Gasteiger partial charge >= 0.3 is 5.69 Å². The number of thioether (sulfide) groups is 1. The third-order valence-corrected chi connectivity index (χ3v) is 4.68. The molecule has 1 heterocycles. The first-order valence-electron chi connectivity index (χ1n) is 6.72. The number of ether oxygens (including phenoxy) is 1. The quantitative estimate of drug-likeness (QED) is 0.336. The minimum Gasteiger partial charge on any atom is -0.477 e. The SMILES string of the molecule is CCCSc1nnc(NC(=O)COc2ccccc2[N+](=O)[O-])s1. The normalized spacial score (nSPS) is 10.3. The lowest BCUT2D eigenvalue weighted by Gasteiger charge is -2.05. The number of nitrogens with one attached hydrogen (secondary N) is 1. The van der Waals surface area contributed by atoms with Crippen LogP contribution < -0.4 is 10.1 Å². The number of hydrogen-bond donors (Lipinski definition) is 1. The molecule has 10 heteroatoms. The van der Waals surface area contributed by atoms with Crippen LogP contribution in [0.4, 0.5) is 10.8 Å². The first-order valence-corrected chi connectivity index (χ1v) is 8.52. The highest BCUT2D eigenvalue weighted by Gasteiger charge is 2.15. The Morgan fingerprint density at radius 3 is 2.96 bits per heavy atom. The Labute approximate surface area is 140 Å². The zero-order valence-corrected chi connectivity index (χ0v) is 13.9. The number of nitrogens with zero attached hydrogens (tertiary/aromatic N) is 3. The summed E-state index contributed by atoms with van der Waals surface area (Å²) < 4.78 is 5.98. The van der Waals surface area contributed by atoms with Gasteiger partial charge in [0.15, 0.2) is 16.7 Å². The van der Waals surface area contributed by atoms with Crippen LogP contribution in [-0.4, -0.2) is 33.4 Å². The first-order chi connectivity index (χ1) is 11.1. The van der Waals surface area contributed by atoms with Gasteiger partial charge in [-0.3, -0.25) is 20.2 Å². The number of carbonyl (C=O) groups excluding carboxylic acids is 1. The molecule has 0 fully saturated rings. The third kappa shape index (κ3) is 5.18. The van der Waals surface area contributed by atoms with Crippen molar-refractivity contribution in [2.24, 2.45) is 0 Å². The van der Waals surface area contributed by atoms with Gasteiger partial charge in [-0.1, -0.05) is 42.2 Å². The second-order valence-electron chi connectivity index (χ2n) is 4.28. The summed E-state index contributed by atoms with van der Waals surface area (Å²) in [6, 6.07) is 5.88. The predicted molar refractivity (Wildman–Crippen MR) is 88.1 cm³/mol. The van der Waals surface area contributed by atoms with Crippen LogP contribution in [0.3, 0.4) is 0 Å². The fourth-order valence-corrected chi connectivity index (χ4v) is 3.23. The van der Waals surface area contributed by atoms with Gasteiger partial charge < -0.3 is 4.74 Å². The number of para-hydroxylation sites is 2. The van der Waals surface area contributed by atoms with E-state index < -0.39 is 10.8 Å². The summed E-state index contributed by atoms with van der Waals surface area (Å²) in [5.74, 6) is 0.527. The van der Waals surface area contributed by atoms with Crippen LogP contribution in [-0.2, 0) is 4.79 Å². The van der Waals surface area contributed by atoms with Crippen LogP contribution in [0, 0.1) is 10.1 Å². The van der Waals surface area contributed by atoms with Crippen LogP contribution in [0.15, 0.2) is 28.6 Å². The fraction of sp³-hybridized carbons (Fsp3) is 0.308. The topological polar surface area (TPSA) is 107 Å². The third-order valence-electron chi connectivity index (χ3n) is 2.50. The summed E-state index contributed by atoms with van der Waals surface area (Å²) in [6.45, 7) is 1.72. The molecule has 8 nitrogen and oxygen atoms in total. The summed E-state index contributed by atoms with van der Waals surface area (Å²) >= 11 is 2.85. The van der Waals surface area contributed by atoms with Crippen LogP contribution in [0.2, 0.25) is 0 Å². The van der Waals surface area contributed by atoms with Crippen molar-refractivity contribution in [1.82, 2.24) is 10.2 Å². The number of carbonyl (C=O) groups is 1. The van der Waals surface area contributed by atoms with Gasteiger partial charge in [0.1, 0.15) is 0 Å². The Hall–Kier alpha value is -2.20. The average molecular weight is 354 g/mol. The van der Waals surface area contributed by atoms with E-state index in [0.717, 1.165) is 16.5 Å². The van der Waals surface area contributed by atoms with E-state index in [0.29, 0.717) is 5.13 Å². The fourth-order valence-electron chi connectivity index (χ4n) is 1.54. The molecule has 2 rings (SSSR count). The van der Waals surface area contributed by atoms with Crippen molar-refractivity contribution in [2.75, 3.05) is 17.7 Å². The Kier molecular flexibility index (Phi) is 6.29. The standard InChI is InChI=1S/C13H14N4O4S2/c1-2-7-22-13-16-15-12(23-13)14-11(18)8-21-10-6-4-3-5-9(10)17(19)20/h3-6H,2,7-8H2,1H3,(H,14,15,18). The van der Waals surface area contributed by atoms with Crippen LogP contribution in [0.5, 0.6) is 5.75 Å². The van der Waals surface area contributed by atoms with Gasteiger partial charge in [0, 0.05) is 11.8 Å². The summed E-state index contributed by atoms with van der Waals surface area (Å²) in [5.41, 5.74) is -0.186. The van der Waals surface area contributed by atoms with E-state index in [4.69, 9.17) is 4.74 Å². The second-order valence-corrected chi connectivity index (χ2v) is 6.60. The van der Waals surface area contributed by atoms with E-state index in [9.17, 15) is 14.9 Å². The second kappa shape index (κ2) is 8.44. The molecule has 1 aromatic carbocycles. The van der Waals surface area contributed by atoms with Crippen LogP contribution in [0.1, 0.15) is 13.3 Å². The number of nitro groups is 1. The molecule has 1 amide bonds. The monoisotopic (exact) mass is 354 g/mol. The lowest BCUT2D eigenvalue weighted by atomic mass is 10.3. The molecule has 0 saturated carbocycles. The molecule has 0 atom stereocenters. The van der Waals surface area contributed by atoms with Gasteiger partial charge in [-0.05, 0) is 12.5 Å². The number of rotatable bonds is 8. The Morgan fingerprint density at radius 2 is 2.22 bits per heavy atom. The molecule has 1 aromatic heterocycles. The number of anilines is 1. The maximum absolute atomic E-state index is 11.8. The molecule has 2 aromatic rings. The van der Waals surface area contributed by atoms with E-state index >= 15 is 0 Å². The molecule has 23 heavy (non-hydrogen) atoms. The Balaban J connectivity index is 1.88. The zero-order valence-electron chi connectivity index (χ0n) is 12.2. The molecule has 0 aliphatic rings. The van der Waals surface area contributed by atoms with E-state index in [-0.39, 0.29) is 18.0 Å². The minimum atomic E-state index is -0.560. The van der Waals surface area contributed by atoms with Crippen molar-refractivity contribution in [3.05, 3.63) is 34.4 Å². The summed E-state index contributed by atoms with van der Waals surface area (Å²) in [7, 11) is 0. The number of hydrogen-bond acceptors (Lipinski definition) is 8. The van der Waals surface area contributed by atoms with Gasteiger partial charge in [-0.25, -0.2) is 0 Å². The number of amides is 1. The smallest absolute Gasteiger partial charge is 0.310 e. The minimum absolute atomic E-state index is 0.0455. The summed E-state index contributed by atoms with van der Waals surface area (Å²) in [5, 5.41) is 21.6. The Bertz CT molecular complexity index is 692. The number of benzene rings is 1. The molecule has 0 aliphatic heterocycles. The van der Waals surface area contributed by atoms with Crippen molar-refractivity contribution in [2.45, 2.75) is 17.7 Å². The van der Waals surface area contributed by atoms with E-state index in [1.165, 1.54) is 29.5 Å². The maximum Gasteiger partial charge on any atom is 0.310 e. The van der Waals surface area contributed by atoms with Crippen molar-refractivity contribution in [3.8, 4) is 5.75 Å². The lowest BCUT2D eigenvalue weighted by molar-refractivity contribution is -0.385. The van der Waals surface area contributed by atoms with Crippen molar-refractivity contribution < 1.29 is 14.5 Å². The lowest BCUT2D eigenvalue weighted by Crippen LogP contribution is -2.20. The summed E-state index contributed by atoms with van der Waals surface area (Å²) in [4.78, 5) is 22.1. The average Bonchev–Trinajstić information content (AvgIpc) is 2.98. The maximum atomic E-state index is 11.8. The predicted octanol–water partition coefficient (Wildman–Crippen LogP) is 2.97. The molecular weight excluding hydrogens is 340 g/mol. The molecule has 0 bridgehead atoms. The van der Waals surface area contributed by atoms with Gasteiger partial charge in [0.25, 0.3) is 5.91 Å². The molecule has 1 N–H and O–H groups in total. The largest absolute Gasteiger partial charge is 0.477 e. The Morgan fingerprint density at radius 1 is 1.43 bits per heavy atom. The zero-order chi connectivity index (χ0) is 16.7. The molecule has 0 unspecified atom stereocenters. The molecule has 0 aliphatic carbocycles. The van der Waals surface area contributed by atoms with E-state index in [1.54, 1.807) is 17.8 Å². The highest BCUT2D eigenvalue weighted by Crippen LogP contribution is 2.27. The van der Waals surface area contributed by atoms with Crippen LogP contribution >= 0.6 is 23.1 Å². The van der Waals surface area contributed by atoms with Gasteiger partial charge in [-0.2, -0.15) is 0 Å². The van der Waals surface area contributed by atoms with E-state index in [1.807, 2.05) is 0 Å². The molecule has 0 spiro atoms. The molecule has 0 saturated heterocycles. The van der Waals surface area contributed by atoms with Crippen LogP contribution in [0.25, 0.3) is 0 Å². The van der Waals surface area contributed by atoms with Gasteiger partial charge in [-0.15, -0.1) is 10.2 Å². The van der Waals surface area contributed by atoms with Gasteiger partial charge in [0.05, 0.1) is 4.92 Å². The molecule has 122 valence electrons. The highest BCUT2D eigenvalue weighted by molar-refractivity contribution is 8.01. The highest BCUT2D eigenvalue weighted by atomic mass is 32.2. The van der Waals surface area contributed by atoms with Crippen molar-refractivity contribution >= 4 is 39.8 Å². The van der Waals surface area contributed by atoms with Crippen molar-refractivity contribution in [3.63, 3.8) is 0 Å². The van der Waals surface area contributed by atoms with Crippen molar-refractivity contribution in [1.29, 1.82) is 0 Å². The summed E-state index contributed by atoms with van der Waals surface area (Å²) in [6.07, 6.45) is 1.02. The van der Waals surface area contributed by atoms with E-state index in [2.05, 4.69) is 22.4 Å². The molecular formula is C13H14N4O4S2. The molecule has 0 radical (unpaired) electrons.